The van der Waals surface area contributed by atoms with Crippen LogP contribution < -0.4 is 4.74 Å². The molecule has 1 rings (SSSR count). The highest BCUT2D eigenvalue weighted by Gasteiger charge is 2.12. The van der Waals surface area contributed by atoms with Gasteiger partial charge in [-0.15, -0.1) is 0 Å². The first-order valence-corrected chi connectivity index (χ1v) is 6.29. The number of ether oxygens (including phenoxy) is 1. The fourth-order valence-electron chi connectivity index (χ4n) is 1.63. The van der Waals surface area contributed by atoms with E-state index in [1.54, 1.807) is 14.0 Å². The van der Waals surface area contributed by atoms with Crippen LogP contribution in [0.5, 0.6) is 5.75 Å². The maximum absolute atomic E-state index is 9.46. The summed E-state index contributed by atoms with van der Waals surface area (Å²) in [7, 11) is 1.66. The van der Waals surface area contributed by atoms with Crippen LogP contribution in [-0.2, 0) is 6.42 Å². The molecule has 0 saturated carbocycles. The largest absolute Gasteiger partial charge is 0.496 e. The van der Waals surface area contributed by atoms with Gasteiger partial charge >= 0.3 is 0 Å². The van der Waals surface area contributed by atoms with Gasteiger partial charge in [-0.2, -0.15) is 0 Å². The van der Waals surface area contributed by atoms with Crippen molar-refractivity contribution >= 4 is 15.9 Å². The van der Waals surface area contributed by atoms with Gasteiger partial charge in [-0.3, -0.25) is 0 Å². The molecule has 0 aliphatic rings. The lowest BCUT2D eigenvalue weighted by molar-refractivity contribution is 0.195. The predicted molar refractivity (Wildman–Crippen MR) is 70.2 cm³/mol. The van der Waals surface area contributed by atoms with Gasteiger partial charge in [-0.05, 0) is 52.4 Å². The van der Waals surface area contributed by atoms with E-state index in [4.69, 9.17) is 4.74 Å². The lowest BCUT2D eigenvalue weighted by Gasteiger charge is -2.15. The molecule has 0 radical (unpaired) electrons. The van der Waals surface area contributed by atoms with E-state index >= 15 is 0 Å². The Morgan fingerprint density at radius 1 is 1.31 bits per heavy atom. The Bertz CT molecular complexity index is 359. The molecule has 0 saturated heterocycles. The first-order valence-electron chi connectivity index (χ1n) is 5.50. The topological polar surface area (TPSA) is 29.5 Å². The Kier molecular flexibility index (Phi) is 4.81. The molecule has 1 aromatic carbocycles. The van der Waals surface area contributed by atoms with E-state index in [-0.39, 0.29) is 6.10 Å². The van der Waals surface area contributed by atoms with Crippen LogP contribution in [-0.4, -0.2) is 18.3 Å². The minimum Gasteiger partial charge on any atom is -0.496 e. The number of rotatable bonds is 4. The molecule has 0 aromatic heterocycles. The smallest absolute Gasteiger partial charge is 0.133 e. The minimum absolute atomic E-state index is 0.344. The monoisotopic (exact) mass is 286 g/mol. The van der Waals surface area contributed by atoms with Crippen molar-refractivity contribution in [3.8, 4) is 5.75 Å². The Labute approximate surface area is 106 Å². The summed E-state index contributed by atoms with van der Waals surface area (Å²) in [5.41, 5.74) is 2.33. The van der Waals surface area contributed by atoms with E-state index in [0.29, 0.717) is 12.3 Å². The number of hydrogen-bond acceptors (Lipinski definition) is 2. The number of halogens is 1. The summed E-state index contributed by atoms with van der Waals surface area (Å²) >= 11 is 3.52. The third-order valence-electron chi connectivity index (χ3n) is 2.54. The lowest BCUT2D eigenvalue weighted by Crippen LogP contribution is -2.06. The number of benzene rings is 1. The molecule has 1 atom stereocenters. The second-order valence-electron chi connectivity index (χ2n) is 4.40. The standard InChI is InChI=1S/C13H19BrO2/c1-8(2)10-6-11(5-9(3)15)13(14)12(7-10)16-4/h6-9,15H,5H2,1-4H3. The molecule has 1 unspecified atom stereocenters. The fourth-order valence-corrected chi connectivity index (χ4v) is 2.18. The molecule has 0 heterocycles. The maximum Gasteiger partial charge on any atom is 0.133 e. The van der Waals surface area contributed by atoms with Gasteiger partial charge in [0, 0.05) is 0 Å². The van der Waals surface area contributed by atoms with Crippen molar-refractivity contribution in [1.82, 2.24) is 0 Å². The summed E-state index contributed by atoms with van der Waals surface area (Å²) in [5, 5.41) is 9.46. The minimum atomic E-state index is -0.344. The van der Waals surface area contributed by atoms with Gasteiger partial charge in [0.15, 0.2) is 0 Å². The number of aliphatic hydroxyl groups excluding tert-OH is 1. The molecule has 16 heavy (non-hydrogen) atoms. The summed E-state index contributed by atoms with van der Waals surface area (Å²) in [6.07, 6.45) is 0.292. The van der Waals surface area contributed by atoms with Gasteiger partial charge in [-0.25, -0.2) is 0 Å². The second kappa shape index (κ2) is 5.69. The molecule has 0 amide bonds. The third-order valence-corrected chi connectivity index (χ3v) is 3.44. The first-order chi connectivity index (χ1) is 7.45. The zero-order valence-corrected chi connectivity index (χ0v) is 11.8. The molecule has 0 aliphatic heterocycles. The Hall–Kier alpha value is -0.540. The van der Waals surface area contributed by atoms with Crippen LogP contribution in [0.25, 0.3) is 0 Å². The van der Waals surface area contributed by atoms with E-state index in [0.717, 1.165) is 15.8 Å². The average Bonchev–Trinajstić information content (AvgIpc) is 2.20. The average molecular weight is 287 g/mol. The summed E-state index contributed by atoms with van der Waals surface area (Å²) in [6, 6.07) is 4.17. The Balaban J connectivity index is 3.19. The van der Waals surface area contributed by atoms with Crippen molar-refractivity contribution < 1.29 is 9.84 Å². The maximum atomic E-state index is 9.46. The summed E-state index contributed by atoms with van der Waals surface area (Å²) in [6.45, 7) is 6.09. The van der Waals surface area contributed by atoms with Crippen molar-refractivity contribution in [1.29, 1.82) is 0 Å². The molecule has 1 aromatic rings. The zero-order chi connectivity index (χ0) is 12.3. The summed E-state index contributed by atoms with van der Waals surface area (Å²) in [5.74, 6) is 1.29. The van der Waals surface area contributed by atoms with Crippen molar-refractivity contribution in [2.45, 2.75) is 39.2 Å². The quantitative estimate of drug-likeness (QED) is 0.918. The van der Waals surface area contributed by atoms with Crippen molar-refractivity contribution in [2.24, 2.45) is 0 Å². The van der Waals surface area contributed by atoms with Crippen molar-refractivity contribution in [3.05, 3.63) is 27.7 Å². The van der Waals surface area contributed by atoms with Gasteiger partial charge in [-0.1, -0.05) is 19.9 Å². The molecule has 0 bridgehead atoms. The highest BCUT2D eigenvalue weighted by atomic mass is 79.9. The highest BCUT2D eigenvalue weighted by Crippen LogP contribution is 2.33. The lowest BCUT2D eigenvalue weighted by atomic mass is 9.98. The molecule has 0 aliphatic carbocycles. The van der Waals surface area contributed by atoms with Crippen LogP contribution in [0.2, 0.25) is 0 Å². The van der Waals surface area contributed by atoms with Gasteiger partial charge in [0.05, 0.1) is 17.7 Å². The number of methoxy groups -OCH3 is 1. The van der Waals surface area contributed by atoms with E-state index in [1.165, 1.54) is 5.56 Å². The van der Waals surface area contributed by atoms with Gasteiger partial charge in [0.2, 0.25) is 0 Å². The second-order valence-corrected chi connectivity index (χ2v) is 5.20. The number of aliphatic hydroxyl groups is 1. The molecule has 2 nitrogen and oxygen atoms in total. The van der Waals surface area contributed by atoms with Gasteiger partial charge in [0.25, 0.3) is 0 Å². The van der Waals surface area contributed by atoms with E-state index in [9.17, 15) is 5.11 Å². The van der Waals surface area contributed by atoms with Gasteiger partial charge in [0.1, 0.15) is 5.75 Å². The van der Waals surface area contributed by atoms with Crippen LogP contribution in [0.15, 0.2) is 16.6 Å². The molecule has 0 fully saturated rings. The summed E-state index contributed by atoms with van der Waals surface area (Å²) < 4.78 is 6.27. The normalized spacial score (nSPS) is 12.9. The highest BCUT2D eigenvalue weighted by molar-refractivity contribution is 9.10. The molecular formula is C13H19BrO2. The van der Waals surface area contributed by atoms with E-state index in [2.05, 4.69) is 35.8 Å². The molecule has 1 N–H and O–H groups in total. The SMILES string of the molecule is COc1cc(C(C)C)cc(CC(C)O)c1Br. The predicted octanol–water partition coefficient (Wildman–Crippen LogP) is 3.50. The van der Waals surface area contributed by atoms with Crippen LogP contribution in [0.4, 0.5) is 0 Å². The van der Waals surface area contributed by atoms with E-state index in [1.807, 2.05) is 6.07 Å². The van der Waals surface area contributed by atoms with Crippen LogP contribution in [0.1, 0.15) is 37.8 Å². The summed E-state index contributed by atoms with van der Waals surface area (Å²) in [4.78, 5) is 0. The van der Waals surface area contributed by atoms with E-state index < -0.39 is 0 Å². The van der Waals surface area contributed by atoms with Crippen molar-refractivity contribution in [2.75, 3.05) is 7.11 Å². The Morgan fingerprint density at radius 2 is 1.94 bits per heavy atom. The molecule has 3 heteroatoms. The Morgan fingerprint density at radius 3 is 2.38 bits per heavy atom. The van der Waals surface area contributed by atoms with Crippen LogP contribution in [0, 0.1) is 0 Å². The van der Waals surface area contributed by atoms with Crippen LogP contribution in [0.3, 0.4) is 0 Å². The number of hydrogen-bond donors (Lipinski definition) is 1. The third kappa shape index (κ3) is 3.22. The molecule has 0 spiro atoms. The molecular weight excluding hydrogens is 268 g/mol. The first kappa shape index (κ1) is 13.5. The molecule has 90 valence electrons. The fraction of sp³-hybridized carbons (Fsp3) is 0.538. The van der Waals surface area contributed by atoms with Crippen LogP contribution >= 0.6 is 15.9 Å². The van der Waals surface area contributed by atoms with Crippen molar-refractivity contribution in [3.63, 3.8) is 0 Å². The zero-order valence-electron chi connectivity index (χ0n) is 10.2. The van der Waals surface area contributed by atoms with Gasteiger partial charge < -0.3 is 9.84 Å².